The first-order chi connectivity index (χ1) is 11.2. The van der Waals surface area contributed by atoms with Gasteiger partial charge >= 0.3 is 17.9 Å². The largest absolute Gasteiger partial charge is 0.478 e. The summed E-state index contributed by atoms with van der Waals surface area (Å²) in [4.78, 5) is 44.7. The molecule has 0 radical (unpaired) electrons. The van der Waals surface area contributed by atoms with Crippen LogP contribution in [0.5, 0.6) is 0 Å². The van der Waals surface area contributed by atoms with Crippen molar-refractivity contribution in [2.24, 2.45) is 0 Å². The number of nitrogens with one attached hydrogen (secondary N) is 1. The van der Waals surface area contributed by atoms with Crippen molar-refractivity contribution < 1.29 is 33.9 Å². The van der Waals surface area contributed by atoms with Crippen molar-refractivity contribution in [1.29, 1.82) is 0 Å². The van der Waals surface area contributed by atoms with Crippen LogP contribution in [0.4, 0.5) is 11.4 Å². The molecule has 1 aromatic rings. The first-order valence-electron chi connectivity index (χ1n) is 6.07. The summed E-state index contributed by atoms with van der Waals surface area (Å²) < 4.78 is 8.96. The zero-order valence-electron chi connectivity index (χ0n) is 12.4. The number of rotatable bonds is 6. The molecular formula is C13H11BrN2O8. The van der Waals surface area contributed by atoms with E-state index in [9.17, 15) is 29.6 Å². The second-order valence-electron chi connectivity index (χ2n) is 4.11. The van der Waals surface area contributed by atoms with Gasteiger partial charge in [-0.15, -0.1) is 0 Å². The summed E-state index contributed by atoms with van der Waals surface area (Å²) >= 11 is 2.97. The minimum Gasteiger partial charge on any atom is -0.478 e. The summed E-state index contributed by atoms with van der Waals surface area (Å²) in [5.41, 5.74) is -2.13. The first-order valence-corrected chi connectivity index (χ1v) is 6.86. The van der Waals surface area contributed by atoms with E-state index in [0.29, 0.717) is 6.08 Å². The van der Waals surface area contributed by atoms with Crippen molar-refractivity contribution in [1.82, 2.24) is 0 Å². The molecule has 0 saturated carbocycles. The minimum absolute atomic E-state index is 0.147. The van der Waals surface area contributed by atoms with E-state index in [0.717, 1.165) is 26.4 Å². The SMILES string of the molecule is COC(=O)/C=C(/Nc1c(C(=O)O)cc(Br)cc1[N+](=O)[O-])C(=O)OC. The Balaban J connectivity index is 3.55. The molecule has 0 aliphatic heterocycles. The van der Waals surface area contributed by atoms with Crippen molar-refractivity contribution in [3.05, 3.63) is 44.1 Å². The Bertz CT molecular complexity index is 708. The average Bonchev–Trinajstić information content (AvgIpc) is 2.53. The summed E-state index contributed by atoms with van der Waals surface area (Å²) in [6.45, 7) is 0. The van der Waals surface area contributed by atoms with Crippen LogP contribution in [0.2, 0.25) is 0 Å². The lowest BCUT2D eigenvalue weighted by molar-refractivity contribution is -0.384. The number of nitro groups is 1. The third kappa shape index (κ3) is 4.52. The number of nitrogens with zero attached hydrogens (tertiary/aromatic N) is 1. The highest BCUT2D eigenvalue weighted by Crippen LogP contribution is 2.33. The minimum atomic E-state index is -1.48. The normalized spacial score (nSPS) is 10.7. The third-order valence-corrected chi connectivity index (χ3v) is 3.10. The van der Waals surface area contributed by atoms with Crippen LogP contribution >= 0.6 is 15.9 Å². The van der Waals surface area contributed by atoms with Gasteiger partial charge < -0.3 is 19.9 Å². The summed E-state index contributed by atoms with van der Waals surface area (Å²) in [5.74, 6) is -3.47. The number of carboxylic acid groups (broad SMARTS) is 1. The number of aromatic carboxylic acids is 1. The molecule has 0 heterocycles. The number of benzene rings is 1. The fourth-order valence-corrected chi connectivity index (χ4v) is 2.05. The molecule has 128 valence electrons. The molecular weight excluding hydrogens is 392 g/mol. The van der Waals surface area contributed by atoms with Crippen LogP contribution in [0, 0.1) is 10.1 Å². The van der Waals surface area contributed by atoms with Crippen LogP contribution in [0.25, 0.3) is 0 Å². The number of nitro benzene ring substituents is 1. The van der Waals surface area contributed by atoms with Crippen molar-refractivity contribution >= 4 is 45.2 Å². The second kappa shape index (κ2) is 8.06. The van der Waals surface area contributed by atoms with E-state index in [-0.39, 0.29) is 4.47 Å². The van der Waals surface area contributed by atoms with Gasteiger partial charge in [-0.3, -0.25) is 10.1 Å². The maximum Gasteiger partial charge on any atom is 0.354 e. The van der Waals surface area contributed by atoms with Gasteiger partial charge in [0.15, 0.2) is 0 Å². The molecule has 2 N–H and O–H groups in total. The van der Waals surface area contributed by atoms with Gasteiger partial charge in [-0.2, -0.15) is 0 Å². The predicted molar refractivity (Wildman–Crippen MR) is 83.5 cm³/mol. The summed E-state index contributed by atoms with van der Waals surface area (Å²) in [6.07, 6.45) is 0.684. The number of esters is 2. The highest BCUT2D eigenvalue weighted by Gasteiger charge is 2.26. The van der Waals surface area contributed by atoms with Gasteiger partial charge in [0.05, 0.1) is 30.8 Å². The van der Waals surface area contributed by atoms with Crippen molar-refractivity contribution in [3.8, 4) is 0 Å². The van der Waals surface area contributed by atoms with E-state index >= 15 is 0 Å². The lowest BCUT2D eigenvalue weighted by Crippen LogP contribution is -2.18. The number of ether oxygens (including phenoxy) is 2. The fraction of sp³-hybridized carbons (Fsp3) is 0.154. The van der Waals surface area contributed by atoms with Crippen LogP contribution < -0.4 is 5.32 Å². The first kappa shape index (κ1) is 19.1. The second-order valence-corrected chi connectivity index (χ2v) is 5.02. The maximum atomic E-state index is 11.7. The molecule has 0 aliphatic carbocycles. The molecule has 11 heteroatoms. The van der Waals surface area contributed by atoms with Gasteiger partial charge in [0.2, 0.25) is 0 Å². The van der Waals surface area contributed by atoms with E-state index in [1.807, 2.05) is 0 Å². The quantitative estimate of drug-likeness (QED) is 0.314. The highest BCUT2D eigenvalue weighted by molar-refractivity contribution is 9.10. The Morgan fingerprint density at radius 3 is 2.38 bits per heavy atom. The van der Waals surface area contributed by atoms with Crippen LogP contribution in [0.1, 0.15) is 10.4 Å². The monoisotopic (exact) mass is 402 g/mol. The molecule has 0 aromatic heterocycles. The number of halogens is 1. The van der Waals surface area contributed by atoms with Gasteiger partial charge in [0, 0.05) is 10.5 Å². The Kier molecular flexibility index (Phi) is 6.41. The number of methoxy groups -OCH3 is 2. The van der Waals surface area contributed by atoms with Crippen LogP contribution in [0.3, 0.4) is 0 Å². The Hall–Kier alpha value is -2.95. The molecule has 0 amide bonds. The Morgan fingerprint density at radius 1 is 1.29 bits per heavy atom. The predicted octanol–water partition coefficient (Wildman–Crippen LogP) is 1.70. The summed E-state index contributed by atoms with van der Waals surface area (Å²) in [6, 6.07) is 2.15. The fourth-order valence-electron chi connectivity index (χ4n) is 1.60. The molecule has 0 bridgehead atoms. The maximum absolute atomic E-state index is 11.7. The molecule has 1 aromatic carbocycles. The van der Waals surface area contributed by atoms with Crippen molar-refractivity contribution in [2.75, 3.05) is 19.5 Å². The molecule has 24 heavy (non-hydrogen) atoms. The van der Waals surface area contributed by atoms with Crippen LogP contribution in [-0.2, 0) is 19.1 Å². The van der Waals surface area contributed by atoms with Crippen LogP contribution in [0.15, 0.2) is 28.4 Å². The van der Waals surface area contributed by atoms with E-state index in [1.165, 1.54) is 0 Å². The smallest absolute Gasteiger partial charge is 0.354 e. The average molecular weight is 403 g/mol. The molecule has 0 spiro atoms. The number of carbonyl (C=O) groups is 3. The zero-order chi connectivity index (χ0) is 18.4. The van der Waals surface area contributed by atoms with Crippen LogP contribution in [-0.4, -0.2) is 42.2 Å². The molecule has 1 rings (SSSR count). The number of carboxylic acids is 1. The molecule has 0 saturated heterocycles. The number of carbonyl (C=O) groups excluding carboxylic acids is 2. The third-order valence-electron chi connectivity index (χ3n) is 2.64. The van der Waals surface area contributed by atoms with E-state index in [4.69, 9.17) is 0 Å². The van der Waals surface area contributed by atoms with E-state index in [1.54, 1.807) is 0 Å². The van der Waals surface area contributed by atoms with E-state index in [2.05, 4.69) is 30.7 Å². The van der Waals surface area contributed by atoms with Gasteiger partial charge in [-0.05, 0) is 6.07 Å². The van der Waals surface area contributed by atoms with Gasteiger partial charge in [-0.1, -0.05) is 15.9 Å². The van der Waals surface area contributed by atoms with Gasteiger partial charge in [0.1, 0.15) is 11.4 Å². The zero-order valence-corrected chi connectivity index (χ0v) is 13.9. The van der Waals surface area contributed by atoms with E-state index < -0.39 is 45.5 Å². The summed E-state index contributed by atoms with van der Waals surface area (Å²) in [5, 5.41) is 22.7. The van der Waals surface area contributed by atoms with Gasteiger partial charge in [0.25, 0.3) is 5.69 Å². The summed E-state index contributed by atoms with van der Waals surface area (Å²) in [7, 11) is 2.07. The standard InChI is InChI=1S/C13H11BrN2O8/c1-23-10(17)5-8(13(20)24-2)15-11-7(12(18)19)3-6(14)4-9(11)16(21)22/h3-5,15H,1-2H3,(H,18,19)/b8-5+. The highest BCUT2D eigenvalue weighted by atomic mass is 79.9. The molecule has 0 fully saturated rings. The molecule has 0 atom stereocenters. The molecule has 0 aliphatic rings. The van der Waals surface area contributed by atoms with Gasteiger partial charge in [-0.25, -0.2) is 14.4 Å². The molecule has 10 nitrogen and oxygen atoms in total. The topological polar surface area (TPSA) is 145 Å². The van der Waals surface area contributed by atoms with Crippen molar-refractivity contribution in [3.63, 3.8) is 0 Å². The Morgan fingerprint density at radius 2 is 1.92 bits per heavy atom. The Labute approximate surface area is 143 Å². The molecule has 0 unspecified atom stereocenters. The number of anilines is 1. The number of hydrogen-bond donors (Lipinski definition) is 2. The lowest BCUT2D eigenvalue weighted by atomic mass is 10.1. The van der Waals surface area contributed by atoms with Crippen molar-refractivity contribution in [2.45, 2.75) is 0 Å². The number of hydrogen-bond acceptors (Lipinski definition) is 8. The lowest BCUT2D eigenvalue weighted by Gasteiger charge is -2.12.